The van der Waals surface area contributed by atoms with Crippen LogP contribution in [-0.4, -0.2) is 11.8 Å². The van der Waals surface area contributed by atoms with Gasteiger partial charge in [0.05, 0.1) is 16.9 Å². The van der Waals surface area contributed by atoms with Crippen molar-refractivity contribution in [2.45, 2.75) is 0 Å². The monoisotopic (exact) mass is 492 g/mol. The number of hydrogen-bond donors (Lipinski definition) is 0. The van der Waals surface area contributed by atoms with Crippen molar-refractivity contribution >= 4 is 35.8 Å². The molecule has 0 bridgehead atoms. The number of benzene rings is 2. The molecule has 0 atom stereocenters. The van der Waals surface area contributed by atoms with Crippen molar-refractivity contribution in [3.05, 3.63) is 71.6 Å². The Morgan fingerprint density at radius 2 is 1.09 bits per heavy atom. The summed E-state index contributed by atoms with van der Waals surface area (Å²) in [6.07, 6.45) is 0. The zero-order valence-electron chi connectivity index (χ0n) is 11.3. The fourth-order valence-electron chi connectivity index (χ4n) is 2.21. The van der Waals surface area contributed by atoms with Gasteiger partial charge < -0.3 is 12.6 Å². The summed E-state index contributed by atoms with van der Waals surface area (Å²) >= 11 is 4.81. The van der Waals surface area contributed by atoms with Gasteiger partial charge in [-0.1, -0.05) is 36.4 Å². The minimum Gasteiger partial charge on any atom is -0.786 e. The molecule has 0 N–H and O–H groups in total. The second-order valence-corrected chi connectivity index (χ2v) is 4.67. The Labute approximate surface area is 149 Å². The van der Waals surface area contributed by atoms with Crippen LogP contribution in [0.1, 0.15) is 0 Å². The fourth-order valence-corrected chi connectivity index (χ4v) is 2.41. The quantitative estimate of drug-likeness (QED) is 0.280. The predicted molar refractivity (Wildman–Crippen MR) is 83.3 cm³/mol. The van der Waals surface area contributed by atoms with E-state index in [0.717, 1.165) is 5.41 Å². The van der Waals surface area contributed by atoms with Crippen LogP contribution < -0.4 is 10.0 Å². The Hall–Kier alpha value is -1.92. The summed E-state index contributed by atoms with van der Waals surface area (Å²) < 4.78 is 0. The van der Waals surface area contributed by atoms with Gasteiger partial charge in [0.1, 0.15) is 0 Å². The van der Waals surface area contributed by atoms with E-state index in [4.69, 9.17) is 12.6 Å². The first-order valence-corrected chi connectivity index (χ1v) is 6.82. The largest absolute Gasteiger partial charge is 1.00 e. The molecular weight excluding hydrogens is 481 g/mol. The summed E-state index contributed by atoms with van der Waals surface area (Å²) in [5.41, 5.74) is 1.23. The van der Waals surface area contributed by atoms with Gasteiger partial charge in [-0.05, 0) is 24.3 Å². The number of hydrazine groups is 1. The molecule has 6 heteroatoms. The number of anilines is 2. The van der Waals surface area contributed by atoms with Crippen LogP contribution >= 0.6 is 0 Å². The van der Waals surface area contributed by atoms with E-state index in [-0.39, 0.29) is 28.0 Å². The van der Waals surface area contributed by atoms with Gasteiger partial charge in [-0.25, -0.2) is 10.0 Å². The van der Waals surface area contributed by atoms with Crippen molar-refractivity contribution in [1.82, 2.24) is 0 Å². The molecule has 2 amide bonds. The molecule has 3 rings (SSSR count). The van der Waals surface area contributed by atoms with Crippen molar-refractivity contribution in [2.24, 2.45) is 0 Å². The Morgan fingerprint density at radius 3 is 1.41 bits per heavy atom. The molecule has 1 fully saturated rings. The molecule has 0 unspecified atom stereocenters. The van der Waals surface area contributed by atoms with E-state index in [2.05, 4.69) is 0 Å². The van der Waals surface area contributed by atoms with Crippen molar-refractivity contribution < 1.29 is 32.0 Å². The van der Waals surface area contributed by atoms with Crippen LogP contribution in [0.25, 0.3) is 0 Å². The SMILES string of the molecule is O=C1C(=C[S-])C(=O)N(c2ccccc2)N1c1ccccc1.[Au+]. The summed E-state index contributed by atoms with van der Waals surface area (Å²) in [6, 6.07) is 18.0. The summed E-state index contributed by atoms with van der Waals surface area (Å²) in [4.78, 5) is 24.9. The number of hydrogen-bond acceptors (Lipinski definition) is 3. The summed E-state index contributed by atoms with van der Waals surface area (Å²) in [5.74, 6) is -0.824. The zero-order valence-corrected chi connectivity index (χ0v) is 14.3. The molecule has 1 heterocycles. The van der Waals surface area contributed by atoms with E-state index in [1.165, 1.54) is 10.0 Å². The van der Waals surface area contributed by atoms with Gasteiger partial charge in [0.25, 0.3) is 11.8 Å². The molecule has 114 valence electrons. The number of rotatable bonds is 2. The number of amides is 2. The van der Waals surface area contributed by atoms with Gasteiger partial charge in [0, 0.05) is 0 Å². The van der Waals surface area contributed by atoms with Crippen LogP contribution in [0, 0.1) is 0 Å². The second kappa shape index (κ2) is 6.89. The van der Waals surface area contributed by atoms with Gasteiger partial charge >= 0.3 is 22.4 Å². The van der Waals surface area contributed by atoms with Crippen molar-refractivity contribution in [1.29, 1.82) is 0 Å². The summed E-state index contributed by atoms with van der Waals surface area (Å²) in [7, 11) is 0. The fraction of sp³-hybridized carbons (Fsp3) is 0. The summed E-state index contributed by atoms with van der Waals surface area (Å²) in [6.45, 7) is 0. The average Bonchev–Trinajstić information content (AvgIpc) is 2.79. The van der Waals surface area contributed by atoms with Gasteiger partial charge in [-0.2, -0.15) is 5.41 Å². The molecular formula is C16H11AuN2O2S. The van der Waals surface area contributed by atoms with Crippen LogP contribution in [0.4, 0.5) is 11.4 Å². The third-order valence-electron chi connectivity index (χ3n) is 3.16. The number of nitrogens with zero attached hydrogens (tertiary/aromatic N) is 2. The Bertz CT molecular complexity index is 660. The van der Waals surface area contributed by atoms with Crippen LogP contribution in [0.2, 0.25) is 0 Å². The molecule has 2 aromatic rings. The molecule has 1 saturated heterocycles. The zero-order chi connectivity index (χ0) is 14.8. The molecule has 0 radical (unpaired) electrons. The second-order valence-electron chi connectivity index (χ2n) is 4.44. The van der Waals surface area contributed by atoms with E-state index < -0.39 is 11.8 Å². The first-order valence-electron chi connectivity index (χ1n) is 6.35. The van der Waals surface area contributed by atoms with Gasteiger partial charge in [-0.15, -0.1) is 0 Å². The van der Waals surface area contributed by atoms with E-state index in [0.29, 0.717) is 11.4 Å². The standard InChI is InChI=1S/C16H12N2O2S.Au/c19-15-14(11-21)16(20)18(13-9-5-2-6-10-13)17(15)12-7-3-1-4-8-12;/h1-11,21H;/q;+1/p-1. The van der Waals surface area contributed by atoms with Gasteiger partial charge in [0.15, 0.2) is 0 Å². The Kier molecular flexibility index (Phi) is 5.15. The molecule has 1 aliphatic heterocycles. The molecule has 4 nitrogen and oxygen atoms in total. The third-order valence-corrected chi connectivity index (χ3v) is 3.40. The van der Waals surface area contributed by atoms with Crippen molar-refractivity contribution in [3.8, 4) is 0 Å². The molecule has 0 aromatic heterocycles. The first kappa shape index (κ1) is 16.5. The number of carbonyl (C=O) groups excluding carboxylic acids is 2. The van der Waals surface area contributed by atoms with E-state index in [1.807, 2.05) is 36.4 Å². The Morgan fingerprint density at radius 1 is 0.727 bits per heavy atom. The minimum atomic E-state index is -0.412. The number of carbonyl (C=O) groups is 2. The molecule has 0 aliphatic carbocycles. The van der Waals surface area contributed by atoms with E-state index >= 15 is 0 Å². The van der Waals surface area contributed by atoms with E-state index in [9.17, 15) is 9.59 Å². The third kappa shape index (κ3) is 2.71. The topological polar surface area (TPSA) is 40.6 Å². The van der Waals surface area contributed by atoms with Crippen LogP contribution in [0.15, 0.2) is 71.6 Å². The number of para-hydroxylation sites is 2. The van der Waals surface area contributed by atoms with Crippen molar-refractivity contribution in [3.63, 3.8) is 0 Å². The van der Waals surface area contributed by atoms with Gasteiger partial charge in [-0.3, -0.25) is 9.59 Å². The Balaban J connectivity index is 0.00000176. The maximum absolute atomic E-state index is 12.5. The maximum Gasteiger partial charge on any atom is 1.00 e. The van der Waals surface area contributed by atoms with Gasteiger partial charge in [0.2, 0.25) is 0 Å². The maximum atomic E-state index is 12.5. The normalized spacial score (nSPS) is 14.1. The smallest absolute Gasteiger partial charge is 0.786 e. The molecule has 22 heavy (non-hydrogen) atoms. The summed E-state index contributed by atoms with van der Waals surface area (Å²) in [5, 5.41) is 3.83. The first-order chi connectivity index (χ1) is 10.2. The van der Waals surface area contributed by atoms with Crippen molar-refractivity contribution in [2.75, 3.05) is 10.0 Å². The molecule has 1 aliphatic rings. The van der Waals surface area contributed by atoms with Crippen LogP contribution in [0.3, 0.4) is 0 Å². The van der Waals surface area contributed by atoms with Crippen LogP contribution in [0.5, 0.6) is 0 Å². The molecule has 0 saturated carbocycles. The minimum absolute atomic E-state index is 0. The molecule has 0 spiro atoms. The predicted octanol–water partition coefficient (Wildman–Crippen LogP) is 2.41. The average molecular weight is 492 g/mol. The molecule has 2 aromatic carbocycles. The van der Waals surface area contributed by atoms with Crippen LogP contribution in [-0.2, 0) is 44.6 Å². The van der Waals surface area contributed by atoms with E-state index in [1.54, 1.807) is 24.3 Å².